The lowest BCUT2D eigenvalue weighted by atomic mass is 9.93. The van der Waals surface area contributed by atoms with Crippen molar-refractivity contribution in [3.05, 3.63) is 58.6 Å². The van der Waals surface area contributed by atoms with Crippen LogP contribution in [0.4, 0.5) is 4.79 Å². The van der Waals surface area contributed by atoms with Crippen molar-refractivity contribution in [2.75, 3.05) is 20.3 Å². The zero-order valence-corrected chi connectivity index (χ0v) is 21.4. The van der Waals surface area contributed by atoms with Crippen molar-refractivity contribution in [2.45, 2.75) is 45.8 Å². The van der Waals surface area contributed by atoms with Gasteiger partial charge in [-0.05, 0) is 68.0 Å². The Morgan fingerprint density at radius 2 is 1.74 bits per heavy atom. The number of carbonyl (C=O) groups is 2. The molecule has 0 aromatic heterocycles. The van der Waals surface area contributed by atoms with E-state index in [9.17, 15) is 9.59 Å². The first-order valence-corrected chi connectivity index (χ1v) is 11.8. The summed E-state index contributed by atoms with van der Waals surface area (Å²) >= 11 is 5.98. The smallest absolute Gasteiger partial charge is 0.408 e. The molecule has 0 radical (unpaired) electrons. The molecule has 0 spiro atoms. The maximum absolute atomic E-state index is 13.1. The second kappa shape index (κ2) is 14.1. The van der Waals surface area contributed by atoms with Crippen molar-refractivity contribution in [1.29, 1.82) is 0 Å². The van der Waals surface area contributed by atoms with Crippen LogP contribution in [0.15, 0.2) is 42.5 Å². The molecule has 0 saturated carbocycles. The van der Waals surface area contributed by atoms with Crippen molar-refractivity contribution in [3.63, 3.8) is 0 Å². The molecular weight excluding hydrogens is 468 g/mol. The molecule has 2 atom stereocenters. The minimum atomic E-state index is -0.772. The van der Waals surface area contributed by atoms with Gasteiger partial charge in [-0.15, -0.1) is 6.42 Å². The van der Waals surface area contributed by atoms with Crippen molar-refractivity contribution in [1.82, 2.24) is 10.6 Å². The number of hydrogen-bond acceptors (Lipinski definition) is 5. The average Bonchev–Trinajstić information content (AvgIpc) is 2.82. The van der Waals surface area contributed by atoms with Crippen LogP contribution in [0.3, 0.4) is 0 Å². The summed E-state index contributed by atoms with van der Waals surface area (Å²) in [4.78, 5) is 25.3. The van der Waals surface area contributed by atoms with Crippen LogP contribution in [0.5, 0.6) is 11.5 Å². The number of carbonyl (C=O) groups excluding carboxylic acids is 2. The number of hydrogen-bond donors (Lipinski definition) is 2. The van der Waals surface area contributed by atoms with Gasteiger partial charge in [-0.2, -0.15) is 0 Å². The van der Waals surface area contributed by atoms with E-state index < -0.39 is 12.1 Å². The van der Waals surface area contributed by atoms with E-state index in [1.807, 2.05) is 31.2 Å². The van der Waals surface area contributed by atoms with Crippen LogP contribution >= 0.6 is 11.6 Å². The van der Waals surface area contributed by atoms with Crippen molar-refractivity contribution in [2.24, 2.45) is 5.92 Å². The zero-order chi connectivity index (χ0) is 25.8. The number of amides is 2. The van der Waals surface area contributed by atoms with Crippen LogP contribution in [0, 0.1) is 18.3 Å². The van der Waals surface area contributed by atoms with Crippen LogP contribution in [0.1, 0.15) is 31.9 Å². The lowest BCUT2D eigenvalue weighted by Crippen LogP contribution is -2.51. The van der Waals surface area contributed by atoms with Gasteiger partial charge in [-0.25, -0.2) is 4.79 Å². The minimum Gasteiger partial charge on any atom is -0.493 e. The molecular formula is C27H33ClN2O5. The van der Waals surface area contributed by atoms with Gasteiger partial charge < -0.3 is 24.8 Å². The van der Waals surface area contributed by atoms with Crippen LogP contribution in [-0.4, -0.2) is 44.4 Å². The van der Waals surface area contributed by atoms with E-state index in [-0.39, 0.29) is 24.5 Å². The summed E-state index contributed by atoms with van der Waals surface area (Å²) in [6.07, 6.45) is 5.46. The molecule has 2 aromatic rings. The highest BCUT2D eigenvalue weighted by atomic mass is 35.5. The molecule has 2 rings (SSSR count). The Bertz CT molecular complexity index is 1020. The highest BCUT2D eigenvalue weighted by Gasteiger charge is 2.28. The third-order valence-corrected chi connectivity index (χ3v) is 5.44. The van der Waals surface area contributed by atoms with E-state index in [2.05, 4.69) is 16.6 Å². The molecule has 188 valence electrons. The molecule has 0 heterocycles. The average molecular weight is 501 g/mol. The highest BCUT2D eigenvalue weighted by molar-refractivity contribution is 6.30. The Balaban J connectivity index is 2.03. The number of nitrogens with one attached hydrogen (secondary N) is 2. The van der Waals surface area contributed by atoms with Gasteiger partial charge >= 0.3 is 6.09 Å². The summed E-state index contributed by atoms with van der Waals surface area (Å²) in [5.74, 6) is 3.07. The van der Waals surface area contributed by atoms with Crippen molar-refractivity contribution < 1.29 is 23.8 Å². The molecule has 0 aliphatic heterocycles. The zero-order valence-electron chi connectivity index (χ0n) is 20.6. The molecule has 0 aliphatic carbocycles. The van der Waals surface area contributed by atoms with Gasteiger partial charge in [-0.3, -0.25) is 4.79 Å². The Labute approximate surface area is 212 Å². The lowest BCUT2D eigenvalue weighted by Gasteiger charge is -2.25. The van der Waals surface area contributed by atoms with E-state index in [0.717, 1.165) is 11.1 Å². The molecule has 0 bridgehead atoms. The highest BCUT2D eigenvalue weighted by Crippen LogP contribution is 2.28. The number of methoxy groups -OCH3 is 1. The number of alkyl carbamates (subject to hydrolysis) is 1. The summed E-state index contributed by atoms with van der Waals surface area (Å²) in [5, 5.41) is 6.29. The Hall–Kier alpha value is -3.37. The molecule has 2 amide bonds. The van der Waals surface area contributed by atoms with Gasteiger partial charge in [0.15, 0.2) is 11.5 Å². The van der Waals surface area contributed by atoms with Crippen LogP contribution in [-0.2, 0) is 22.4 Å². The van der Waals surface area contributed by atoms with E-state index in [0.29, 0.717) is 35.9 Å². The summed E-state index contributed by atoms with van der Waals surface area (Å²) in [7, 11) is 1.55. The molecule has 2 aromatic carbocycles. The third kappa shape index (κ3) is 9.42. The fourth-order valence-corrected chi connectivity index (χ4v) is 3.62. The maximum atomic E-state index is 13.1. The molecule has 8 heteroatoms. The molecule has 0 aliphatic rings. The summed E-state index contributed by atoms with van der Waals surface area (Å²) in [6.45, 7) is 5.94. The monoisotopic (exact) mass is 500 g/mol. The number of benzene rings is 2. The van der Waals surface area contributed by atoms with Gasteiger partial charge in [0.05, 0.1) is 13.2 Å². The van der Waals surface area contributed by atoms with E-state index >= 15 is 0 Å². The molecule has 0 saturated heterocycles. The normalized spacial score (nSPS) is 12.3. The predicted octanol–water partition coefficient (Wildman–Crippen LogP) is 4.40. The molecule has 0 fully saturated rings. The molecule has 35 heavy (non-hydrogen) atoms. The van der Waals surface area contributed by atoms with Crippen molar-refractivity contribution in [3.8, 4) is 23.8 Å². The van der Waals surface area contributed by atoms with E-state index in [1.54, 1.807) is 39.2 Å². The molecule has 7 nitrogen and oxygen atoms in total. The van der Waals surface area contributed by atoms with Gasteiger partial charge in [-0.1, -0.05) is 42.6 Å². The van der Waals surface area contributed by atoms with E-state index in [4.69, 9.17) is 32.2 Å². The molecule has 2 N–H and O–H groups in total. The third-order valence-electron chi connectivity index (χ3n) is 5.19. The standard InChI is InChI=1S/C27H33ClN2O5/c1-6-15-34-23-12-9-21(17-24(23)33-5)13-14-29-26(31)25(30-27(32)35-18(2)3)19(4)16-20-7-10-22(28)11-8-20/h1,7-12,17-19,25H,13-16H2,2-5H3,(H,29,31)(H,30,32)/t19-,25+/m1/s1. The van der Waals surface area contributed by atoms with Gasteiger partial charge in [0.2, 0.25) is 5.91 Å². The van der Waals surface area contributed by atoms with Crippen LogP contribution in [0.2, 0.25) is 5.02 Å². The largest absolute Gasteiger partial charge is 0.493 e. The number of ether oxygens (including phenoxy) is 3. The van der Waals surface area contributed by atoms with Gasteiger partial charge in [0, 0.05) is 11.6 Å². The lowest BCUT2D eigenvalue weighted by molar-refractivity contribution is -0.124. The number of rotatable bonds is 12. The van der Waals surface area contributed by atoms with Gasteiger partial charge in [0.1, 0.15) is 12.6 Å². The SMILES string of the molecule is C#CCOc1ccc(CCNC(=O)[C@@H](NC(=O)OC(C)C)[C@H](C)Cc2ccc(Cl)cc2)cc1OC. The number of terminal acetylenes is 1. The first-order chi connectivity index (χ1) is 16.7. The summed E-state index contributed by atoms with van der Waals surface area (Å²) in [5.41, 5.74) is 1.96. The first-order valence-electron chi connectivity index (χ1n) is 11.5. The van der Waals surface area contributed by atoms with Gasteiger partial charge in [0.25, 0.3) is 0 Å². The second-order valence-corrected chi connectivity index (χ2v) is 8.84. The minimum absolute atomic E-state index is 0.146. The Kier molecular flexibility index (Phi) is 11.2. The summed E-state index contributed by atoms with van der Waals surface area (Å²) in [6, 6.07) is 12.2. The topological polar surface area (TPSA) is 85.9 Å². The Morgan fingerprint density at radius 1 is 1.06 bits per heavy atom. The van der Waals surface area contributed by atoms with Crippen LogP contribution < -0.4 is 20.1 Å². The molecule has 0 unspecified atom stereocenters. The van der Waals surface area contributed by atoms with Crippen LogP contribution in [0.25, 0.3) is 0 Å². The van der Waals surface area contributed by atoms with Crippen molar-refractivity contribution >= 4 is 23.6 Å². The first kappa shape index (κ1) is 27.9. The second-order valence-electron chi connectivity index (χ2n) is 8.40. The Morgan fingerprint density at radius 3 is 2.37 bits per heavy atom. The fourth-order valence-electron chi connectivity index (χ4n) is 3.50. The maximum Gasteiger partial charge on any atom is 0.408 e. The van der Waals surface area contributed by atoms with E-state index in [1.165, 1.54) is 0 Å². The predicted molar refractivity (Wildman–Crippen MR) is 137 cm³/mol. The fraction of sp³-hybridized carbons (Fsp3) is 0.407. The quantitative estimate of drug-likeness (QED) is 0.422. The number of halogens is 1. The summed E-state index contributed by atoms with van der Waals surface area (Å²) < 4.78 is 16.0.